The fourth-order valence-electron chi connectivity index (χ4n) is 4.61. The number of rotatable bonds is 5. The van der Waals surface area contributed by atoms with Crippen molar-refractivity contribution in [3.8, 4) is 0 Å². The molecule has 1 fully saturated rings. The van der Waals surface area contributed by atoms with E-state index in [0.717, 1.165) is 0 Å². The number of benzene rings is 2. The molecule has 1 aliphatic rings. The van der Waals surface area contributed by atoms with E-state index in [1.165, 1.54) is 19.6 Å². The largest absolute Gasteiger partial charge is 0.416 e. The van der Waals surface area contributed by atoms with E-state index in [4.69, 9.17) is 4.43 Å². The molecule has 0 radical (unpaired) electrons. The van der Waals surface area contributed by atoms with Crippen molar-refractivity contribution in [3.63, 3.8) is 0 Å². The lowest BCUT2D eigenvalue weighted by Gasteiger charge is -2.45. The van der Waals surface area contributed by atoms with Crippen molar-refractivity contribution in [2.75, 3.05) is 6.54 Å². The van der Waals surface area contributed by atoms with Crippen molar-refractivity contribution in [2.45, 2.75) is 68.8 Å². The molecule has 218 valence electrons. The molecule has 0 amide bonds. The number of hydrogen-bond donors (Lipinski definition) is 1. The Kier molecular flexibility index (Phi) is 8.00. The zero-order valence-corrected chi connectivity index (χ0v) is 21.6. The lowest BCUT2D eigenvalue weighted by atomic mass is 9.77. The smallest absolute Gasteiger partial charge is 0.403 e. The van der Waals surface area contributed by atoms with Gasteiger partial charge < -0.3 is 9.74 Å². The summed E-state index contributed by atoms with van der Waals surface area (Å²) >= 11 is 0. The first-order valence-corrected chi connectivity index (χ1v) is 14.9. The van der Waals surface area contributed by atoms with Gasteiger partial charge in [0.2, 0.25) is 0 Å². The van der Waals surface area contributed by atoms with E-state index >= 15 is 0 Å². The number of hydrogen-bond acceptors (Lipinski definition) is 2. The highest BCUT2D eigenvalue weighted by Crippen LogP contribution is 2.48. The van der Waals surface area contributed by atoms with Gasteiger partial charge in [0.25, 0.3) is 0 Å². The standard InChI is InChI=1S/C24H23F12NOSi/c1-39(2,3)38-20(19-5-4-6-37-19,13-7-15(21(25,26)27)11-16(8-13)22(28,29)30)14-9-17(23(31,32)33)12-18(10-14)24(34,35)36/h7-12,19,37H,4-6H2,1-3H3/t19-/m0/s1. The van der Waals surface area contributed by atoms with Gasteiger partial charge in [-0.05, 0) is 86.6 Å². The van der Waals surface area contributed by atoms with Crippen molar-refractivity contribution < 1.29 is 57.1 Å². The minimum atomic E-state index is -5.32. The van der Waals surface area contributed by atoms with Gasteiger partial charge in [0, 0.05) is 6.04 Å². The van der Waals surface area contributed by atoms with Gasteiger partial charge in [-0.1, -0.05) is 0 Å². The predicted octanol–water partition coefficient (Wildman–Crippen LogP) is 8.61. The maximum atomic E-state index is 13.8. The van der Waals surface area contributed by atoms with Crippen LogP contribution in [0.3, 0.4) is 0 Å². The average Bonchev–Trinajstić information content (AvgIpc) is 3.29. The molecule has 1 heterocycles. The third-order valence-corrected chi connectivity index (χ3v) is 6.99. The molecule has 0 spiro atoms. The fourth-order valence-corrected chi connectivity index (χ4v) is 5.96. The molecule has 2 nitrogen and oxygen atoms in total. The second-order valence-electron chi connectivity index (χ2n) is 10.2. The number of nitrogens with one attached hydrogen (secondary N) is 1. The molecule has 0 unspecified atom stereocenters. The van der Waals surface area contributed by atoms with Crippen LogP contribution in [0, 0.1) is 0 Å². The van der Waals surface area contributed by atoms with E-state index in [-0.39, 0.29) is 31.5 Å². The molecule has 0 aromatic heterocycles. The number of alkyl halides is 12. The first-order valence-electron chi connectivity index (χ1n) is 11.5. The zero-order valence-electron chi connectivity index (χ0n) is 20.6. The van der Waals surface area contributed by atoms with Gasteiger partial charge >= 0.3 is 24.7 Å². The second kappa shape index (κ2) is 9.98. The zero-order chi connectivity index (χ0) is 29.8. The first kappa shape index (κ1) is 31.3. The molecule has 1 aliphatic heterocycles. The molecule has 1 N–H and O–H groups in total. The number of halogens is 12. The summed E-state index contributed by atoms with van der Waals surface area (Å²) < 4.78 is 171. The summed E-state index contributed by atoms with van der Waals surface area (Å²) in [6.07, 6.45) is -21.0. The highest BCUT2D eigenvalue weighted by atomic mass is 28.4. The molecule has 0 saturated carbocycles. The second-order valence-corrected chi connectivity index (χ2v) is 14.6. The minimum Gasteiger partial charge on any atom is -0.403 e. The molecule has 39 heavy (non-hydrogen) atoms. The summed E-state index contributed by atoms with van der Waals surface area (Å²) in [5.41, 5.74) is -11.4. The fraction of sp³-hybridized carbons (Fsp3) is 0.500. The summed E-state index contributed by atoms with van der Waals surface area (Å²) in [5.74, 6) is 0. The van der Waals surface area contributed by atoms with Crippen LogP contribution in [0.5, 0.6) is 0 Å². The molecule has 0 bridgehead atoms. The van der Waals surface area contributed by atoms with Crippen LogP contribution < -0.4 is 5.32 Å². The Bertz CT molecular complexity index is 1050. The van der Waals surface area contributed by atoms with E-state index < -0.39 is 78.0 Å². The minimum absolute atomic E-state index is 0.0142. The van der Waals surface area contributed by atoms with Crippen molar-refractivity contribution in [2.24, 2.45) is 0 Å². The molecular formula is C24H23F12NOSi. The molecule has 15 heteroatoms. The maximum absolute atomic E-state index is 13.8. The van der Waals surface area contributed by atoms with E-state index in [0.29, 0.717) is 24.3 Å². The lowest BCUT2D eigenvalue weighted by Crippen LogP contribution is -2.53. The molecule has 2 aromatic rings. The van der Waals surface area contributed by atoms with Crippen LogP contribution in [0.2, 0.25) is 19.6 Å². The molecule has 1 saturated heterocycles. The van der Waals surface area contributed by atoms with Gasteiger partial charge in [-0.3, -0.25) is 0 Å². The van der Waals surface area contributed by atoms with Crippen molar-refractivity contribution in [1.82, 2.24) is 5.32 Å². The van der Waals surface area contributed by atoms with Crippen LogP contribution >= 0.6 is 0 Å². The molecule has 1 atom stereocenters. The molecule has 2 aromatic carbocycles. The van der Waals surface area contributed by atoms with Gasteiger partial charge in [0.1, 0.15) is 5.60 Å². The third kappa shape index (κ3) is 6.91. The summed E-state index contributed by atoms with van der Waals surface area (Å²) in [7, 11) is -3.14. The third-order valence-electron chi connectivity index (χ3n) is 6.05. The van der Waals surface area contributed by atoms with Gasteiger partial charge in [-0.25, -0.2) is 0 Å². The van der Waals surface area contributed by atoms with Crippen LogP contribution in [0.4, 0.5) is 52.7 Å². The van der Waals surface area contributed by atoms with Crippen molar-refractivity contribution in [3.05, 3.63) is 69.8 Å². The monoisotopic (exact) mass is 597 g/mol. The van der Waals surface area contributed by atoms with Gasteiger partial charge in [0.15, 0.2) is 8.32 Å². The van der Waals surface area contributed by atoms with Gasteiger partial charge in [-0.15, -0.1) is 0 Å². The Balaban J connectivity index is 2.56. The van der Waals surface area contributed by atoms with E-state index in [1.54, 1.807) is 0 Å². The Morgan fingerprint density at radius 2 is 0.897 bits per heavy atom. The Hall–Kier alpha value is -2.26. The first-order chi connectivity index (χ1) is 17.4. The Labute approximate surface area is 216 Å². The Morgan fingerprint density at radius 1 is 0.590 bits per heavy atom. The topological polar surface area (TPSA) is 21.3 Å². The normalized spacial score (nSPS) is 18.1. The Morgan fingerprint density at radius 3 is 1.13 bits per heavy atom. The maximum Gasteiger partial charge on any atom is 0.416 e. The van der Waals surface area contributed by atoms with Crippen LogP contribution in [0.25, 0.3) is 0 Å². The molecular weight excluding hydrogens is 574 g/mol. The SMILES string of the molecule is C[Si](C)(C)OC(c1cc(C(F)(F)F)cc(C(F)(F)F)c1)(c1cc(C(F)(F)F)cc(C(F)(F)F)c1)[C@@H]1CCCN1. The van der Waals surface area contributed by atoms with E-state index in [9.17, 15) is 52.7 Å². The molecule has 0 aliphatic carbocycles. The molecule has 3 rings (SSSR count). The van der Waals surface area contributed by atoms with Crippen LogP contribution in [-0.4, -0.2) is 20.9 Å². The van der Waals surface area contributed by atoms with E-state index in [2.05, 4.69) is 5.32 Å². The van der Waals surface area contributed by atoms with Crippen LogP contribution in [0.15, 0.2) is 36.4 Å². The highest BCUT2D eigenvalue weighted by molar-refractivity contribution is 6.69. The van der Waals surface area contributed by atoms with Crippen molar-refractivity contribution >= 4 is 8.32 Å². The van der Waals surface area contributed by atoms with Crippen LogP contribution in [0.1, 0.15) is 46.2 Å². The lowest BCUT2D eigenvalue weighted by molar-refractivity contribution is -0.144. The summed E-state index contributed by atoms with van der Waals surface area (Å²) in [6, 6.07) is -0.410. The van der Waals surface area contributed by atoms with E-state index in [1.807, 2.05) is 0 Å². The van der Waals surface area contributed by atoms with Gasteiger partial charge in [0.05, 0.1) is 22.3 Å². The van der Waals surface area contributed by atoms with Crippen LogP contribution in [-0.2, 0) is 34.7 Å². The summed E-state index contributed by atoms with van der Waals surface area (Å²) in [5, 5.41) is 2.82. The summed E-state index contributed by atoms with van der Waals surface area (Å²) in [4.78, 5) is 0. The summed E-state index contributed by atoms with van der Waals surface area (Å²) in [6.45, 7) is 4.55. The predicted molar refractivity (Wildman–Crippen MR) is 119 cm³/mol. The van der Waals surface area contributed by atoms with Gasteiger partial charge in [-0.2, -0.15) is 52.7 Å². The average molecular weight is 598 g/mol. The van der Waals surface area contributed by atoms with Crippen molar-refractivity contribution in [1.29, 1.82) is 0 Å². The quantitative estimate of drug-likeness (QED) is 0.275. The highest BCUT2D eigenvalue weighted by Gasteiger charge is 2.51.